The second-order valence-corrected chi connectivity index (χ2v) is 10.7. The number of carbonyl (C=O) groups is 2. The van der Waals surface area contributed by atoms with Crippen molar-refractivity contribution in [2.75, 3.05) is 5.75 Å². The zero-order chi connectivity index (χ0) is 22.1. The minimum atomic E-state index is -0.705. The fraction of sp³-hybridized carbons (Fsp3) is 0.583. The van der Waals surface area contributed by atoms with Crippen molar-refractivity contribution in [1.29, 1.82) is 0 Å². The summed E-state index contributed by atoms with van der Waals surface area (Å²) < 4.78 is 7.74. The van der Waals surface area contributed by atoms with Gasteiger partial charge in [0.25, 0.3) is 5.91 Å². The van der Waals surface area contributed by atoms with E-state index >= 15 is 0 Å². The van der Waals surface area contributed by atoms with Crippen LogP contribution in [-0.2, 0) is 14.3 Å². The third-order valence-corrected chi connectivity index (χ3v) is 6.40. The molecule has 1 aromatic rings. The highest BCUT2D eigenvalue weighted by Gasteiger charge is 2.49. The van der Waals surface area contributed by atoms with Crippen molar-refractivity contribution in [3.05, 3.63) is 40.1 Å². The summed E-state index contributed by atoms with van der Waals surface area (Å²) in [6.07, 6.45) is 1.25. The van der Waals surface area contributed by atoms with E-state index in [4.69, 9.17) is 4.74 Å². The summed E-state index contributed by atoms with van der Waals surface area (Å²) in [4.78, 5) is 26.3. The summed E-state index contributed by atoms with van der Waals surface area (Å²) >= 11 is 1.51. The van der Waals surface area contributed by atoms with Gasteiger partial charge in [-0.2, -0.15) is 0 Å². The van der Waals surface area contributed by atoms with Crippen LogP contribution in [0.25, 0.3) is 5.57 Å². The van der Waals surface area contributed by atoms with Crippen LogP contribution in [0, 0.1) is 26.2 Å². The highest BCUT2D eigenvalue weighted by molar-refractivity contribution is 7.97. The normalized spacial score (nSPS) is 16.6. The minimum absolute atomic E-state index is 0.0814. The van der Waals surface area contributed by atoms with Crippen molar-refractivity contribution in [3.63, 3.8) is 0 Å². The monoisotopic (exact) mass is 417 g/mol. The van der Waals surface area contributed by atoms with Crippen LogP contribution in [0.2, 0.25) is 0 Å². The van der Waals surface area contributed by atoms with Gasteiger partial charge in [0.15, 0.2) is 0 Å². The molecule has 1 aromatic carbocycles. The maximum absolute atomic E-state index is 13.5. The van der Waals surface area contributed by atoms with Gasteiger partial charge in [0.2, 0.25) is 0 Å². The molecular formula is C24H35NO3S. The number of hydrogen-bond donors (Lipinski definition) is 0. The number of ether oxygens (including phenoxy) is 1. The molecule has 1 aliphatic heterocycles. The zero-order valence-electron chi connectivity index (χ0n) is 19.4. The predicted molar refractivity (Wildman–Crippen MR) is 121 cm³/mol. The SMILES string of the molecule is CCCSN1C(=O)C(c2c(C)cc(C)cc2C)=C(OC(=O)CC(C)(C)C)C1(C)C. The maximum atomic E-state index is 13.5. The van der Waals surface area contributed by atoms with Crippen LogP contribution >= 0.6 is 11.9 Å². The topological polar surface area (TPSA) is 46.6 Å². The van der Waals surface area contributed by atoms with Crippen molar-refractivity contribution >= 4 is 29.4 Å². The molecule has 0 saturated heterocycles. The summed E-state index contributed by atoms with van der Waals surface area (Å²) in [5, 5.41) is 0. The molecule has 0 saturated carbocycles. The van der Waals surface area contributed by atoms with E-state index < -0.39 is 5.54 Å². The minimum Gasteiger partial charge on any atom is -0.428 e. The molecule has 1 aliphatic rings. The smallest absolute Gasteiger partial charge is 0.311 e. The van der Waals surface area contributed by atoms with Crippen LogP contribution in [0.15, 0.2) is 17.9 Å². The molecular weight excluding hydrogens is 382 g/mol. The molecule has 0 bridgehead atoms. The first kappa shape index (κ1) is 23.5. The number of amides is 1. The molecule has 5 heteroatoms. The van der Waals surface area contributed by atoms with Gasteiger partial charge in [-0.05, 0) is 75.1 Å². The maximum Gasteiger partial charge on any atom is 0.311 e. The van der Waals surface area contributed by atoms with Crippen LogP contribution in [0.4, 0.5) is 0 Å². The van der Waals surface area contributed by atoms with Crippen molar-refractivity contribution < 1.29 is 14.3 Å². The van der Waals surface area contributed by atoms with Gasteiger partial charge in [-0.1, -0.05) is 45.4 Å². The number of nitrogens with zero attached hydrogens (tertiary/aromatic N) is 1. The summed E-state index contributed by atoms with van der Waals surface area (Å²) in [6, 6.07) is 4.15. The van der Waals surface area contributed by atoms with Crippen LogP contribution in [0.1, 0.15) is 76.6 Å². The van der Waals surface area contributed by atoms with Gasteiger partial charge in [0.05, 0.1) is 12.0 Å². The fourth-order valence-corrected chi connectivity index (χ4v) is 4.79. The number of hydrogen-bond acceptors (Lipinski definition) is 4. The number of rotatable bonds is 6. The summed E-state index contributed by atoms with van der Waals surface area (Å²) in [6.45, 7) is 18.1. The van der Waals surface area contributed by atoms with Crippen LogP contribution in [0.5, 0.6) is 0 Å². The summed E-state index contributed by atoms with van der Waals surface area (Å²) in [5.74, 6) is 0.922. The van der Waals surface area contributed by atoms with E-state index in [9.17, 15) is 9.59 Å². The lowest BCUT2D eigenvalue weighted by Gasteiger charge is -2.32. The Kier molecular flexibility index (Phi) is 6.93. The molecule has 0 fully saturated rings. The molecule has 29 heavy (non-hydrogen) atoms. The Hall–Kier alpha value is -1.75. The van der Waals surface area contributed by atoms with Crippen molar-refractivity contribution in [2.24, 2.45) is 5.41 Å². The zero-order valence-corrected chi connectivity index (χ0v) is 20.2. The third-order valence-electron chi connectivity index (χ3n) is 4.93. The average Bonchev–Trinajstić information content (AvgIpc) is 2.70. The second-order valence-electron chi connectivity index (χ2n) is 9.68. The van der Waals surface area contributed by atoms with E-state index in [-0.39, 0.29) is 17.3 Å². The first-order chi connectivity index (χ1) is 13.3. The number of aryl methyl sites for hydroxylation is 3. The lowest BCUT2D eigenvalue weighted by molar-refractivity contribution is -0.143. The Balaban J connectivity index is 2.63. The Morgan fingerprint density at radius 2 is 1.69 bits per heavy atom. The molecule has 0 atom stereocenters. The van der Waals surface area contributed by atoms with E-state index in [1.807, 2.05) is 55.4 Å². The average molecular weight is 418 g/mol. The molecule has 2 rings (SSSR count). The first-order valence-electron chi connectivity index (χ1n) is 10.3. The molecule has 160 valence electrons. The molecule has 0 N–H and O–H groups in total. The first-order valence-corrected chi connectivity index (χ1v) is 11.2. The van der Waals surface area contributed by atoms with Gasteiger partial charge in [-0.25, -0.2) is 0 Å². The Morgan fingerprint density at radius 3 is 2.17 bits per heavy atom. The van der Waals surface area contributed by atoms with E-state index in [2.05, 4.69) is 19.1 Å². The molecule has 0 aromatic heterocycles. The largest absolute Gasteiger partial charge is 0.428 e. The molecule has 1 heterocycles. The van der Waals surface area contributed by atoms with Crippen LogP contribution < -0.4 is 0 Å². The quantitative estimate of drug-likeness (QED) is 0.422. The highest BCUT2D eigenvalue weighted by atomic mass is 32.2. The number of benzene rings is 1. The lowest BCUT2D eigenvalue weighted by atomic mass is 9.91. The van der Waals surface area contributed by atoms with E-state index in [0.29, 0.717) is 17.8 Å². The van der Waals surface area contributed by atoms with Gasteiger partial charge in [0.1, 0.15) is 11.3 Å². The molecule has 0 aliphatic carbocycles. The van der Waals surface area contributed by atoms with Gasteiger partial charge >= 0.3 is 5.97 Å². The lowest BCUT2D eigenvalue weighted by Crippen LogP contribution is -2.40. The standard InChI is InChI=1S/C24H35NO3S/c1-10-11-29-25-22(27)20(19-16(3)12-15(2)13-17(19)4)21(24(25,8)9)28-18(26)14-23(5,6)7/h12-13H,10-11,14H2,1-9H3. The van der Waals surface area contributed by atoms with Gasteiger partial charge in [0, 0.05) is 5.75 Å². The molecule has 1 amide bonds. The summed E-state index contributed by atoms with van der Waals surface area (Å²) in [7, 11) is 0. The third kappa shape index (κ3) is 5.06. The fourth-order valence-electron chi connectivity index (χ4n) is 3.81. The van der Waals surface area contributed by atoms with Gasteiger partial charge in [-0.3, -0.25) is 13.9 Å². The number of esters is 1. The predicted octanol–water partition coefficient (Wildman–Crippen LogP) is 5.98. The Labute approximate surface area is 180 Å². The van der Waals surface area contributed by atoms with Gasteiger partial charge in [-0.15, -0.1) is 0 Å². The van der Waals surface area contributed by atoms with E-state index in [1.54, 1.807) is 4.31 Å². The molecule has 0 spiro atoms. The molecule has 4 nitrogen and oxygen atoms in total. The molecule has 0 unspecified atom stereocenters. The van der Waals surface area contributed by atoms with Crippen molar-refractivity contribution in [2.45, 2.75) is 80.7 Å². The molecule has 0 radical (unpaired) electrons. The second kappa shape index (κ2) is 8.55. The Morgan fingerprint density at radius 1 is 1.14 bits per heavy atom. The van der Waals surface area contributed by atoms with E-state index in [0.717, 1.165) is 34.4 Å². The van der Waals surface area contributed by atoms with Crippen LogP contribution in [0.3, 0.4) is 0 Å². The van der Waals surface area contributed by atoms with Crippen molar-refractivity contribution in [3.8, 4) is 0 Å². The van der Waals surface area contributed by atoms with Crippen molar-refractivity contribution in [1.82, 2.24) is 4.31 Å². The highest BCUT2D eigenvalue weighted by Crippen LogP contribution is 2.46. The Bertz CT molecular complexity index is 823. The van der Waals surface area contributed by atoms with Gasteiger partial charge < -0.3 is 4.74 Å². The van der Waals surface area contributed by atoms with E-state index in [1.165, 1.54) is 11.9 Å². The summed E-state index contributed by atoms with van der Waals surface area (Å²) in [5.41, 5.74) is 3.71. The number of carbonyl (C=O) groups excluding carboxylic acids is 2. The van der Waals surface area contributed by atoms with Crippen LogP contribution in [-0.4, -0.2) is 27.5 Å².